The summed E-state index contributed by atoms with van der Waals surface area (Å²) in [6, 6.07) is 5.47. The van der Waals surface area contributed by atoms with Gasteiger partial charge in [-0.1, -0.05) is 25.3 Å². The van der Waals surface area contributed by atoms with Gasteiger partial charge >= 0.3 is 5.97 Å². The molecule has 0 heterocycles. The van der Waals surface area contributed by atoms with E-state index in [1.807, 2.05) is 0 Å². The first-order valence-corrected chi connectivity index (χ1v) is 11.3. The topological polar surface area (TPSA) is 101 Å². The van der Waals surface area contributed by atoms with Crippen LogP contribution in [0.5, 0.6) is 0 Å². The maximum absolute atomic E-state index is 12.5. The number of halogens is 3. The molecular weight excluding hydrogens is 546 g/mol. The van der Waals surface area contributed by atoms with E-state index in [1.54, 1.807) is 0 Å². The summed E-state index contributed by atoms with van der Waals surface area (Å²) in [5, 5.41) is 12.1. The van der Waals surface area contributed by atoms with E-state index in [9.17, 15) is 23.1 Å². The Kier molecular flexibility index (Phi) is 6.39. The van der Waals surface area contributed by atoms with Crippen LogP contribution < -0.4 is 5.32 Å². The summed E-state index contributed by atoms with van der Waals surface area (Å²) in [6.07, 6.45) is 3.10. The van der Waals surface area contributed by atoms with E-state index in [0.29, 0.717) is 12.8 Å². The number of carboxylic acids is 1. The van der Waals surface area contributed by atoms with Crippen LogP contribution in [0.25, 0.3) is 0 Å². The van der Waals surface area contributed by atoms with Gasteiger partial charge in [-0.25, -0.2) is 13.2 Å². The lowest BCUT2D eigenvalue weighted by Gasteiger charge is -2.34. The SMILES string of the molecule is O=C(NC1(C(=O)O)CCCCC1)c1cccc(S(=O)(=O)C(Br)(Br)Br)c1. The number of aliphatic carboxylic acids is 1. The Hall–Kier alpha value is -0.450. The smallest absolute Gasteiger partial charge is 0.329 e. The average molecular weight is 562 g/mol. The molecule has 1 aromatic carbocycles. The third kappa shape index (κ3) is 4.45. The molecule has 25 heavy (non-hydrogen) atoms. The van der Waals surface area contributed by atoms with Gasteiger partial charge in [0.05, 0.1) is 4.90 Å². The van der Waals surface area contributed by atoms with E-state index < -0.39 is 28.7 Å². The normalized spacial score (nSPS) is 17.7. The quantitative estimate of drug-likeness (QED) is 0.545. The van der Waals surface area contributed by atoms with E-state index in [2.05, 4.69) is 53.1 Å². The number of sulfone groups is 1. The summed E-state index contributed by atoms with van der Waals surface area (Å²) in [5.41, 5.74) is -1.21. The van der Waals surface area contributed by atoms with Crippen molar-refractivity contribution < 1.29 is 23.1 Å². The lowest BCUT2D eigenvalue weighted by molar-refractivity contribution is -0.145. The number of alkyl halides is 3. The van der Waals surface area contributed by atoms with Crippen molar-refractivity contribution >= 4 is 69.5 Å². The van der Waals surface area contributed by atoms with Crippen LogP contribution >= 0.6 is 47.8 Å². The van der Waals surface area contributed by atoms with E-state index in [-0.39, 0.29) is 10.5 Å². The summed E-state index contributed by atoms with van der Waals surface area (Å²) in [5.74, 6) is -1.67. The Morgan fingerprint density at radius 3 is 2.24 bits per heavy atom. The summed E-state index contributed by atoms with van der Waals surface area (Å²) >= 11 is 8.92. The lowest BCUT2D eigenvalue weighted by Crippen LogP contribution is -2.55. The van der Waals surface area contributed by atoms with Crippen LogP contribution in [0, 0.1) is 0 Å². The van der Waals surface area contributed by atoms with Crippen LogP contribution in [0.2, 0.25) is 0 Å². The molecule has 1 amide bonds. The predicted molar refractivity (Wildman–Crippen MR) is 104 cm³/mol. The molecule has 0 aromatic heterocycles. The minimum atomic E-state index is -3.84. The number of amides is 1. The highest BCUT2D eigenvalue weighted by atomic mass is 80.0. The first-order valence-electron chi connectivity index (χ1n) is 7.47. The van der Waals surface area contributed by atoms with Gasteiger partial charge in [-0.3, -0.25) is 4.79 Å². The Morgan fingerprint density at radius 1 is 1.12 bits per heavy atom. The first kappa shape index (κ1) is 20.9. The third-order valence-electron chi connectivity index (χ3n) is 4.18. The molecule has 1 aromatic rings. The molecule has 1 aliphatic rings. The van der Waals surface area contributed by atoms with E-state index >= 15 is 0 Å². The average Bonchev–Trinajstić information content (AvgIpc) is 2.54. The fourth-order valence-electron chi connectivity index (χ4n) is 2.78. The van der Waals surface area contributed by atoms with Gasteiger partial charge in [-0.15, -0.1) is 0 Å². The molecule has 6 nitrogen and oxygen atoms in total. The van der Waals surface area contributed by atoms with Gasteiger partial charge < -0.3 is 10.4 Å². The van der Waals surface area contributed by atoms with Crippen molar-refractivity contribution in [3.63, 3.8) is 0 Å². The molecule has 0 unspecified atom stereocenters. The standard InChI is InChI=1S/C15H16Br3NO5S/c16-15(17,18)25(23,24)11-6-4-5-10(9-11)12(20)19-14(13(21)22)7-2-1-3-8-14/h4-6,9H,1-3,7-8H2,(H,19,20)(H,21,22). The lowest BCUT2D eigenvalue weighted by atomic mass is 9.81. The number of carbonyl (C=O) groups is 2. The van der Waals surface area contributed by atoms with Crippen LogP contribution in [0.3, 0.4) is 0 Å². The molecule has 10 heteroatoms. The summed E-state index contributed by atoms with van der Waals surface area (Å²) in [6.45, 7) is 0. The maximum Gasteiger partial charge on any atom is 0.329 e. The molecule has 0 radical (unpaired) electrons. The molecular formula is C15H16Br3NO5S. The number of hydrogen-bond donors (Lipinski definition) is 2. The van der Waals surface area contributed by atoms with Crippen molar-refractivity contribution in [2.45, 2.75) is 44.0 Å². The van der Waals surface area contributed by atoms with Gasteiger partial charge in [0.15, 0.2) is 0 Å². The number of carbonyl (C=O) groups excluding carboxylic acids is 1. The largest absolute Gasteiger partial charge is 0.480 e. The highest BCUT2D eigenvalue weighted by molar-refractivity contribution is 9.42. The van der Waals surface area contributed by atoms with Gasteiger partial charge in [-0.05, 0) is 78.8 Å². The molecule has 0 atom stereocenters. The zero-order chi connectivity index (χ0) is 18.9. The Bertz CT molecular complexity index is 783. The highest BCUT2D eigenvalue weighted by Crippen LogP contribution is 2.43. The Labute approximate surface area is 171 Å². The van der Waals surface area contributed by atoms with Crippen molar-refractivity contribution in [1.82, 2.24) is 5.32 Å². The first-order chi connectivity index (χ1) is 11.5. The minimum absolute atomic E-state index is 0.0844. The van der Waals surface area contributed by atoms with Gasteiger partial charge in [0.2, 0.25) is 11.3 Å². The van der Waals surface area contributed by atoms with E-state index in [4.69, 9.17) is 0 Å². The van der Waals surface area contributed by atoms with Gasteiger partial charge in [-0.2, -0.15) is 0 Å². The molecule has 0 aliphatic heterocycles. The van der Waals surface area contributed by atoms with E-state index in [0.717, 1.165) is 19.3 Å². The highest BCUT2D eigenvalue weighted by Gasteiger charge is 2.41. The van der Waals surface area contributed by atoms with Crippen molar-refractivity contribution in [3.05, 3.63) is 29.8 Å². The zero-order valence-electron chi connectivity index (χ0n) is 13.0. The molecule has 1 saturated carbocycles. The van der Waals surface area contributed by atoms with Crippen molar-refractivity contribution in [2.75, 3.05) is 0 Å². The van der Waals surface area contributed by atoms with Crippen LogP contribution in [-0.4, -0.2) is 32.4 Å². The van der Waals surface area contributed by atoms with E-state index in [1.165, 1.54) is 24.3 Å². The fourth-order valence-corrected chi connectivity index (χ4v) is 5.26. The molecule has 138 valence electrons. The Balaban J connectivity index is 2.32. The van der Waals surface area contributed by atoms with Crippen LogP contribution in [0.4, 0.5) is 0 Å². The second-order valence-corrected chi connectivity index (χ2v) is 16.3. The third-order valence-corrected chi connectivity index (χ3v) is 9.50. The van der Waals surface area contributed by atoms with Gasteiger partial charge in [0.25, 0.3) is 5.91 Å². The number of benzene rings is 1. The summed E-state index contributed by atoms with van der Waals surface area (Å²) in [7, 11) is -3.84. The number of nitrogens with one attached hydrogen (secondary N) is 1. The van der Waals surface area contributed by atoms with Crippen molar-refractivity contribution in [3.8, 4) is 0 Å². The van der Waals surface area contributed by atoms with Gasteiger partial charge in [0.1, 0.15) is 5.54 Å². The summed E-state index contributed by atoms with van der Waals surface area (Å²) in [4.78, 5) is 24.1. The maximum atomic E-state index is 12.5. The van der Waals surface area contributed by atoms with Crippen molar-refractivity contribution in [1.29, 1.82) is 0 Å². The molecule has 2 N–H and O–H groups in total. The molecule has 1 fully saturated rings. The molecule has 0 bridgehead atoms. The second kappa shape index (κ2) is 7.66. The summed E-state index contributed by atoms with van der Waals surface area (Å²) < 4.78 is 23.3. The predicted octanol–water partition coefficient (Wildman–Crippen LogP) is 3.77. The molecule has 2 rings (SSSR count). The monoisotopic (exact) mass is 559 g/mol. The molecule has 1 aliphatic carbocycles. The number of carboxylic acid groups (broad SMARTS) is 1. The molecule has 0 spiro atoms. The number of hydrogen-bond acceptors (Lipinski definition) is 4. The Morgan fingerprint density at radius 2 is 1.72 bits per heavy atom. The number of rotatable bonds is 4. The van der Waals surface area contributed by atoms with Gasteiger partial charge in [0, 0.05) is 5.56 Å². The second-order valence-electron chi connectivity index (χ2n) is 5.88. The minimum Gasteiger partial charge on any atom is -0.480 e. The van der Waals surface area contributed by atoms with Crippen molar-refractivity contribution in [2.24, 2.45) is 0 Å². The van der Waals surface area contributed by atoms with Crippen LogP contribution in [0.1, 0.15) is 42.5 Å². The van der Waals surface area contributed by atoms with Crippen LogP contribution in [0.15, 0.2) is 29.2 Å². The fraction of sp³-hybridized carbons (Fsp3) is 0.467. The zero-order valence-corrected chi connectivity index (χ0v) is 18.5. The van der Waals surface area contributed by atoms with Crippen LogP contribution in [-0.2, 0) is 14.6 Å². The molecule has 0 saturated heterocycles.